The highest BCUT2D eigenvalue weighted by Gasteiger charge is 2.32. The molecule has 2 aliphatic heterocycles. The van der Waals surface area contributed by atoms with Crippen LogP contribution in [0, 0.1) is 0 Å². The Hall–Kier alpha value is -1.04. The molecule has 2 heterocycles. The molecule has 4 nitrogen and oxygen atoms in total. The van der Waals surface area contributed by atoms with Gasteiger partial charge in [-0.15, -0.1) is 0 Å². The Morgan fingerprint density at radius 2 is 2.04 bits per heavy atom. The lowest BCUT2D eigenvalue weighted by atomic mass is 9.88. The van der Waals surface area contributed by atoms with Crippen LogP contribution in [0.4, 0.5) is 0 Å². The summed E-state index contributed by atoms with van der Waals surface area (Å²) in [6.07, 6.45) is 2.92. The number of likely N-dealkylation sites (N-methyl/N-ethyl adjacent to an activating group) is 1. The number of rotatable bonds is 3. The molecule has 3 rings (SSSR count). The summed E-state index contributed by atoms with van der Waals surface area (Å²) < 4.78 is 0. The number of thiol groups is 1. The molecule has 5 heteroatoms. The minimum absolute atomic E-state index is 0.0910. The molecule has 0 bridgehead atoms. The van der Waals surface area contributed by atoms with Gasteiger partial charge < -0.3 is 10.2 Å². The first-order chi connectivity index (χ1) is 11.0. The van der Waals surface area contributed by atoms with E-state index in [1.54, 1.807) is 0 Å². The normalized spacial score (nSPS) is 21.7. The molecule has 1 amide bonds. The van der Waals surface area contributed by atoms with E-state index >= 15 is 0 Å². The minimum Gasteiger partial charge on any atom is -0.347 e. The maximum absolute atomic E-state index is 12.9. The Balaban J connectivity index is 1.73. The van der Waals surface area contributed by atoms with Gasteiger partial charge in [0.2, 0.25) is 0 Å². The van der Waals surface area contributed by atoms with Crippen LogP contribution in [0.5, 0.6) is 0 Å². The third kappa shape index (κ3) is 3.73. The van der Waals surface area contributed by atoms with Gasteiger partial charge in [-0.05, 0) is 50.4 Å². The number of fused-ring (bicyclic) bond motifs is 1. The van der Waals surface area contributed by atoms with E-state index in [4.69, 9.17) is 0 Å². The fourth-order valence-corrected chi connectivity index (χ4v) is 3.90. The third-order valence-electron chi connectivity index (χ3n) is 5.28. The predicted molar refractivity (Wildman–Crippen MR) is 97.0 cm³/mol. The molecule has 1 fully saturated rings. The monoisotopic (exact) mass is 333 g/mol. The van der Waals surface area contributed by atoms with Gasteiger partial charge in [-0.3, -0.25) is 9.69 Å². The first-order valence-corrected chi connectivity index (χ1v) is 9.09. The molecular weight excluding hydrogens is 306 g/mol. The van der Waals surface area contributed by atoms with E-state index in [1.807, 2.05) is 12.1 Å². The first-order valence-electron chi connectivity index (χ1n) is 8.46. The van der Waals surface area contributed by atoms with Crippen molar-refractivity contribution in [3.63, 3.8) is 0 Å². The van der Waals surface area contributed by atoms with Gasteiger partial charge in [-0.25, -0.2) is 0 Å². The highest BCUT2D eigenvalue weighted by molar-refractivity contribution is 7.80. The molecule has 0 atom stereocenters. The standard InChI is InChI=1S/C18H27N3OS/c1-18(7-10-21(13-23)11-8-18)19-17(22)16-5-3-4-14-12-20(2)9-6-15(14)16/h3-5,23H,6-13H2,1-2H3,(H,19,22). The molecule has 0 aliphatic carbocycles. The molecule has 1 aromatic carbocycles. The quantitative estimate of drug-likeness (QED) is 0.832. The number of amides is 1. The zero-order valence-electron chi connectivity index (χ0n) is 14.1. The number of hydrogen-bond acceptors (Lipinski definition) is 4. The van der Waals surface area contributed by atoms with E-state index in [-0.39, 0.29) is 11.4 Å². The molecule has 126 valence electrons. The van der Waals surface area contributed by atoms with Gasteiger partial charge in [-0.2, -0.15) is 12.6 Å². The lowest BCUT2D eigenvalue weighted by Crippen LogP contribution is -2.53. The van der Waals surface area contributed by atoms with Crippen molar-refractivity contribution in [3.8, 4) is 0 Å². The second-order valence-electron chi connectivity index (χ2n) is 7.21. The van der Waals surface area contributed by atoms with E-state index in [0.29, 0.717) is 0 Å². The molecular formula is C18H27N3OS. The van der Waals surface area contributed by atoms with Gasteiger partial charge in [0.25, 0.3) is 5.91 Å². The SMILES string of the molecule is CN1CCc2c(cccc2C(=O)NC2(C)CCN(CS)CC2)C1. The summed E-state index contributed by atoms with van der Waals surface area (Å²) in [7, 11) is 2.13. The topological polar surface area (TPSA) is 35.6 Å². The molecule has 2 aliphatic rings. The van der Waals surface area contributed by atoms with Gasteiger partial charge >= 0.3 is 0 Å². The van der Waals surface area contributed by atoms with Crippen molar-refractivity contribution < 1.29 is 4.79 Å². The number of hydrogen-bond donors (Lipinski definition) is 2. The van der Waals surface area contributed by atoms with Crippen molar-refractivity contribution in [1.29, 1.82) is 0 Å². The smallest absolute Gasteiger partial charge is 0.251 e. The van der Waals surface area contributed by atoms with Crippen LogP contribution < -0.4 is 5.32 Å². The van der Waals surface area contributed by atoms with Crippen LogP contribution in [0.15, 0.2) is 18.2 Å². The van der Waals surface area contributed by atoms with Crippen LogP contribution in [0.1, 0.15) is 41.3 Å². The van der Waals surface area contributed by atoms with Crippen molar-refractivity contribution in [2.75, 3.05) is 32.6 Å². The van der Waals surface area contributed by atoms with E-state index in [2.05, 4.69) is 47.8 Å². The van der Waals surface area contributed by atoms with E-state index in [9.17, 15) is 4.79 Å². The molecule has 0 spiro atoms. The van der Waals surface area contributed by atoms with Crippen molar-refractivity contribution in [2.45, 2.75) is 38.3 Å². The average molecular weight is 334 g/mol. The molecule has 1 N–H and O–H groups in total. The summed E-state index contributed by atoms with van der Waals surface area (Å²) in [6, 6.07) is 6.14. The fourth-order valence-electron chi connectivity index (χ4n) is 3.62. The lowest BCUT2D eigenvalue weighted by Gasteiger charge is -2.39. The number of carbonyl (C=O) groups is 1. The summed E-state index contributed by atoms with van der Waals surface area (Å²) in [5, 5.41) is 3.31. The van der Waals surface area contributed by atoms with Crippen molar-refractivity contribution >= 4 is 18.5 Å². The second-order valence-corrected chi connectivity index (χ2v) is 7.49. The van der Waals surface area contributed by atoms with Crippen LogP contribution >= 0.6 is 12.6 Å². The van der Waals surface area contributed by atoms with Crippen molar-refractivity contribution in [2.24, 2.45) is 0 Å². The highest BCUT2D eigenvalue weighted by atomic mass is 32.1. The van der Waals surface area contributed by atoms with Crippen LogP contribution in [-0.4, -0.2) is 53.8 Å². The summed E-state index contributed by atoms with van der Waals surface area (Å²) in [6.45, 7) is 6.12. The van der Waals surface area contributed by atoms with Crippen LogP contribution in [-0.2, 0) is 13.0 Å². The Labute approximate surface area is 144 Å². The number of piperidine rings is 1. The van der Waals surface area contributed by atoms with Gasteiger partial charge in [0.1, 0.15) is 0 Å². The molecule has 0 aromatic heterocycles. The highest BCUT2D eigenvalue weighted by Crippen LogP contribution is 2.25. The number of nitrogens with one attached hydrogen (secondary N) is 1. The van der Waals surface area contributed by atoms with Crippen molar-refractivity contribution in [3.05, 3.63) is 34.9 Å². The fraction of sp³-hybridized carbons (Fsp3) is 0.611. The van der Waals surface area contributed by atoms with E-state index in [0.717, 1.165) is 56.9 Å². The third-order valence-corrected chi connectivity index (χ3v) is 5.68. The van der Waals surface area contributed by atoms with Gasteiger partial charge in [0, 0.05) is 43.2 Å². The Morgan fingerprint density at radius 1 is 1.30 bits per heavy atom. The molecule has 23 heavy (non-hydrogen) atoms. The van der Waals surface area contributed by atoms with Crippen LogP contribution in [0.3, 0.4) is 0 Å². The Morgan fingerprint density at radius 3 is 2.74 bits per heavy atom. The summed E-state index contributed by atoms with van der Waals surface area (Å²) >= 11 is 4.34. The molecule has 1 aromatic rings. The number of nitrogens with zero attached hydrogens (tertiary/aromatic N) is 2. The van der Waals surface area contributed by atoms with Crippen LogP contribution in [0.25, 0.3) is 0 Å². The molecule has 1 saturated heterocycles. The predicted octanol–water partition coefficient (Wildman–Crippen LogP) is 2.15. The average Bonchev–Trinajstić information content (AvgIpc) is 2.54. The van der Waals surface area contributed by atoms with Crippen molar-refractivity contribution in [1.82, 2.24) is 15.1 Å². The number of benzene rings is 1. The van der Waals surface area contributed by atoms with Gasteiger partial charge in [0.15, 0.2) is 0 Å². The lowest BCUT2D eigenvalue weighted by molar-refractivity contribution is 0.0847. The molecule has 0 saturated carbocycles. The molecule has 0 radical (unpaired) electrons. The zero-order valence-corrected chi connectivity index (χ0v) is 15.0. The van der Waals surface area contributed by atoms with Gasteiger partial charge in [0.05, 0.1) is 0 Å². The van der Waals surface area contributed by atoms with Crippen LogP contribution in [0.2, 0.25) is 0 Å². The summed E-state index contributed by atoms with van der Waals surface area (Å²) in [5.41, 5.74) is 3.29. The van der Waals surface area contributed by atoms with E-state index < -0.39 is 0 Å². The first kappa shape index (κ1) is 16.8. The largest absolute Gasteiger partial charge is 0.347 e. The number of carbonyl (C=O) groups excluding carboxylic acids is 1. The minimum atomic E-state index is -0.106. The second kappa shape index (κ2) is 6.83. The molecule has 0 unspecified atom stereocenters. The maximum Gasteiger partial charge on any atom is 0.251 e. The zero-order chi connectivity index (χ0) is 16.4. The summed E-state index contributed by atoms with van der Waals surface area (Å²) in [5.74, 6) is 0.886. The number of likely N-dealkylation sites (tertiary alicyclic amines) is 1. The van der Waals surface area contributed by atoms with Gasteiger partial charge in [-0.1, -0.05) is 12.1 Å². The maximum atomic E-state index is 12.9. The van der Waals surface area contributed by atoms with E-state index in [1.165, 1.54) is 11.1 Å². The Bertz CT molecular complexity index is 582. The Kier molecular flexibility index (Phi) is 4.99. The summed E-state index contributed by atoms with van der Waals surface area (Å²) in [4.78, 5) is 17.5.